The molecule has 0 bridgehead atoms. The lowest BCUT2D eigenvalue weighted by molar-refractivity contribution is 0.144. The van der Waals surface area contributed by atoms with Gasteiger partial charge in [0, 0.05) is 62.3 Å². The highest BCUT2D eigenvalue weighted by Gasteiger charge is 2.11. The molecule has 0 aliphatic carbocycles. The monoisotopic (exact) mass is 428 g/mol. The van der Waals surface area contributed by atoms with Crippen LogP contribution in [0.5, 0.6) is 11.5 Å². The molecule has 2 aromatic heterocycles. The Hall–Kier alpha value is -3.84. The van der Waals surface area contributed by atoms with Gasteiger partial charge in [-0.2, -0.15) is 0 Å². The number of rotatable bonds is 8. The van der Waals surface area contributed by atoms with Crippen LogP contribution in [0.1, 0.15) is 22.3 Å². The first-order valence-corrected chi connectivity index (χ1v) is 10.1. The van der Waals surface area contributed by atoms with E-state index in [-0.39, 0.29) is 0 Å². The molecule has 2 heterocycles. The largest absolute Gasteiger partial charge is 0.490 e. The van der Waals surface area contributed by atoms with E-state index in [1.54, 1.807) is 39.0 Å². The molecule has 32 heavy (non-hydrogen) atoms. The van der Waals surface area contributed by atoms with Crippen LogP contribution in [0.15, 0.2) is 61.2 Å². The molecule has 0 aliphatic rings. The van der Waals surface area contributed by atoms with Gasteiger partial charge in [0.25, 0.3) is 0 Å². The number of hydrogen-bond acceptors (Lipinski definition) is 6. The van der Waals surface area contributed by atoms with Gasteiger partial charge in [-0.25, -0.2) is 0 Å². The fourth-order valence-electron chi connectivity index (χ4n) is 2.61. The van der Waals surface area contributed by atoms with Crippen molar-refractivity contribution in [2.75, 3.05) is 40.6 Å². The van der Waals surface area contributed by atoms with Crippen LogP contribution < -0.4 is 9.47 Å². The van der Waals surface area contributed by atoms with Crippen molar-refractivity contribution in [2.45, 2.75) is 0 Å². The van der Waals surface area contributed by atoms with Crippen molar-refractivity contribution in [3.63, 3.8) is 0 Å². The molecule has 0 aliphatic heterocycles. The lowest BCUT2D eigenvalue weighted by Gasteiger charge is -2.13. The molecule has 3 aromatic rings. The molecule has 0 fully saturated rings. The van der Waals surface area contributed by atoms with E-state index in [0.29, 0.717) is 49.1 Å². The summed E-state index contributed by atoms with van der Waals surface area (Å²) in [6.07, 6.45) is 6.82. The molecule has 0 saturated heterocycles. The predicted molar refractivity (Wildman–Crippen MR) is 122 cm³/mol. The molecule has 0 atom stereocenters. The van der Waals surface area contributed by atoms with Crippen LogP contribution in [0.4, 0.5) is 0 Å². The van der Waals surface area contributed by atoms with Gasteiger partial charge in [-0.05, 0) is 24.3 Å². The lowest BCUT2D eigenvalue weighted by Crippen LogP contribution is -2.08. The van der Waals surface area contributed by atoms with E-state index in [0.717, 1.165) is 11.1 Å². The van der Waals surface area contributed by atoms with Gasteiger partial charge in [0.05, 0.1) is 24.3 Å². The van der Waals surface area contributed by atoms with Crippen LogP contribution in [0.25, 0.3) is 0 Å². The minimum atomic E-state index is 0.390. The van der Waals surface area contributed by atoms with Crippen LogP contribution in [-0.4, -0.2) is 50.6 Å². The lowest BCUT2D eigenvalue weighted by atomic mass is 10.1. The second-order valence-corrected chi connectivity index (χ2v) is 6.50. The summed E-state index contributed by atoms with van der Waals surface area (Å²) in [5.41, 5.74) is 3.09. The highest BCUT2D eigenvalue weighted by Crippen LogP contribution is 2.29. The predicted octanol–water partition coefficient (Wildman–Crippen LogP) is 3.33. The Morgan fingerprint density at radius 3 is 1.38 bits per heavy atom. The molecular formula is C26H24N2O4. The van der Waals surface area contributed by atoms with Crippen LogP contribution in [-0.2, 0) is 9.47 Å². The molecule has 1 aromatic carbocycles. The molecule has 0 radical (unpaired) electrons. The minimum absolute atomic E-state index is 0.390. The number of nitrogens with zero attached hydrogens (tertiary/aromatic N) is 2. The first kappa shape index (κ1) is 22.8. The Labute approximate surface area is 188 Å². The molecule has 0 N–H and O–H groups in total. The van der Waals surface area contributed by atoms with Crippen molar-refractivity contribution >= 4 is 0 Å². The second kappa shape index (κ2) is 12.8. The van der Waals surface area contributed by atoms with Gasteiger partial charge in [0.1, 0.15) is 24.7 Å². The maximum atomic E-state index is 5.94. The normalized spacial score (nSPS) is 9.81. The number of aromatic nitrogens is 2. The third-order valence-electron chi connectivity index (χ3n) is 4.22. The summed E-state index contributed by atoms with van der Waals surface area (Å²) in [6.45, 7) is 1.70. The quantitative estimate of drug-likeness (QED) is 0.405. The fraction of sp³-hybridized carbons (Fsp3) is 0.231. The van der Waals surface area contributed by atoms with E-state index in [4.69, 9.17) is 18.9 Å². The van der Waals surface area contributed by atoms with Gasteiger partial charge in [-0.1, -0.05) is 23.7 Å². The number of benzene rings is 1. The van der Waals surface area contributed by atoms with E-state index >= 15 is 0 Å². The van der Waals surface area contributed by atoms with E-state index in [9.17, 15) is 0 Å². The number of ether oxygens (including phenoxy) is 4. The smallest absolute Gasteiger partial charge is 0.136 e. The van der Waals surface area contributed by atoms with Crippen molar-refractivity contribution < 1.29 is 18.9 Å². The topological polar surface area (TPSA) is 62.7 Å². The summed E-state index contributed by atoms with van der Waals surface area (Å²) in [7, 11) is 3.26. The average molecular weight is 428 g/mol. The first-order valence-electron chi connectivity index (χ1n) is 10.1. The molecule has 6 nitrogen and oxygen atoms in total. The molecule has 0 saturated carbocycles. The zero-order chi connectivity index (χ0) is 22.4. The van der Waals surface area contributed by atoms with Crippen molar-refractivity contribution in [2.24, 2.45) is 0 Å². The third kappa shape index (κ3) is 7.14. The average Bonchev–Trinajstić information content (AvgIpc) is 2.84. The van der Waals surface area contributed by atoms with Gasteiger partial charge >= 0.3 is 0 Å². The van der Waals surface area contributed by atoms with Gasteiger partial charge < -0.3 is 18.9 Å². The van der Waals surface area contributed by atoms with Crippen molar-refractivity contribution in [3.8, 4) is 35.2 Å². The Balaban J connectivity index is 2.01. The molecule has 0 amide bonds. The molecule has 0 unspecified atom stereocenters. The van der Waals surface area contributed by atoms with Gasteiger partial charge in [0.2, 0.25) is 0 Å². The molecule has 0 spiro atoms. The fourth-order valence-corrected chi connectivity index (χ4v) is 2.61. The molecule has 3 rings (SSSR count). The summed E-state index contributed by atoms with van der Waals surface area (Å²) in [6, 6.07) is 11.1. The van der Waals surface area contributed by atoms with Crippen molar-refractivity contribution in [1.82, 2.24) is 9.97 Å². The van der Waals surface area contributed by atoms with Crippen LogP contribution in [0.2, 0.25) is 0 Å². The Kier molecular flexibility index (Phi) is 9.11. The third-order valence-corrected chi connectivity index (χ3v) is 4.22. The SMILES string of the molecule is COCCOc1cc(C#Cc2ccncc2)c(OCCOC)cc1C#Cc1ccncc1. The Morgan fingerprint density at radius 2 is 1.00 bits per heavy atom. The van der Waals surface area contributed by atoms with E-state index in [1.165, 1.54) is 0 Å². The maximum Gasteiger partial charge on any atom is 0.136 e. The van der Waals surface area contributed by atoms with Gasteiger partial charge in [0.15, 0.2) is 0 Å². The highest BCUT2D eigenvalue weighted by molar-refractivity contribution is 5.60. The van der Waals surface area contributed by atoms with E-state index < -0.39 is 0 Å². The minimum Gasteiger partial charge on any atom is -0.490 e. The second-order valence-electron chi connectivity index (χ2n) is 6.50. The van der Waals surface area contributed by atoms with Crippen LogP contribution >= 0.6 is 0 Å². The summed E-state index contributed by atoms with van der Waals surface area (Å²) >= 11 is 0. The standard InChI is InChI=1S/C26H24N2O4/c1-29-15-17-31-25-19-24(6-4-22-9-13-28-14-10-22)26(32-18-16-30-2)20-23(25)5-3-21-7-11-27-12-8-21/h7-14,19-20H,15-18H2,1-2H3. The first-order chi connectivity index (χ1) is 15.8. The van der Waals surface area contributed by atoms with Crippen molar-refractivity contribution in [3.05, 3.63) is 83.4 Å². The Bertz CT molecular complexity index is 1020. The van der Waals surface area contributed by atoms with Crippen LogP contribution in [0.3, 0.4) is 0 Å². The number of hydrogen-bond donors (Lipinski definition) is 0. The zero-order valence-electron chi connectivity index (χ0n) is 18.1. The van der Waals surface area contributed by atoms with Gasteiger partial charge in [-0.15, -0.1) is 0 Å². The highest BCUT2D eigenvalue weighted by atomic mass is 16.5. The van der Waals surface area contributed by atoms with E-state index in [1.807, 2.05) is 36.4 Å². The summed E-state index contributed by atoms with van der Waals surface area (Å²) < 4.78 is 22.1. The number of pyridine rings is 2. The number of methoxy groups -OCH3 is 2. The summed E-state index contributed by atoms with van der Waals surface area (Å²) in [4.78, 5) is 8.05. The van der Waals surface area contributed by atoms with Crippen molar-refractivity contribution in [1.29, 1.82) is 0 Å². The molecule has 6 heteroatoms. The van der Waals surface area contributed by atoms with E-state index in [2.05, 4.69) is 33.6 Å². The molecule has 162 valence electrons. The zero-order valence-corrected chi connectivity index (χ0v) is 18.1. The van der Waals surface area contributed by atoms with Crippen LogP contribution in [0, 0.1) is 23.7 Å². The summed E-state index contributed by atoms with van der Waals surface area (Å²) in [5.74, 6) is 13.9. The van der Waals surface area contributed by atoms with Gasteiger partial charge in [-0.3, -0.25) is 9.97 Å². The maximum absolute atomic E-state index is 5.94. The summed E-state index contributed by atoms with van der Waals surface area (Å²) in [5, 5.41) is 0. The molecular weight excluding hydrogens is 404 g/mol. The Morgan fingerprint density at radius 1 is 0.594 bits per heavy atom.